The van der Waals surface area contributed by atoms with Gasteiger partial charge in [-0.25, -0.2) is 4.98 Å². The van der Waals surface area contributed by atoms with Crippen molar-refractivity contribution < 1.29 is 9.53 Å². The van der Waals surface area contributed by atoms with Gasteiger partial charge in [-0.05, 0) is 31.2 Å². The Morgan fingerprint density at radius 2 is 1.92 bits per heavy atom. The minimum absolute atomic E-state index is 0.137. The van der Waals surface area contributed by atoms with Crippen molar-refractivity contribution in [2.24, 2.45) is 0 Å². The van der Waals surface area contributed by atoms with Gasteiger partial charge in [-0.1, -0.05) is 36.0 Å². The summed E-state index contributed by atoms with van der Waals surface area (Å²) in [5.74, 6) is 0.621. The number of carbonyl (C=O) groups excluding carboxylic acids is 1. The van der Waals surface area contributed by atoms with E-state index in [-0.39, 0.29) is 17.2 Å². The highest BCUT2D eigenvalue weighted by Gasteiger charge is 2.17. The molecule has 0 aliphatic rings. The summed E-state index contributed by atoms with van der Waals surface area (Å²) in [5, 5.41) is 3.54. The lowest BCUT2D eigenvalue weighted by Gasteiger charge is -2.16. The number of amides is 1. The standard InChI is InChI=1S/C19H19N3O3S/c1-3-25-16-11-7-6-10-15(16)22-18(24)13-8-4-5-9-14(13)21-19(22)26-12-17(23)20-2/h4-11H,3,12H2,1-2H3,(H,20,23). The molecule has 0 bridgehead atoms. The minimum atomic E-state index is -0.192. The topological polar surface area (TPSA) is 73.2 Å². The van der Waals surface area contributed by atoms with Gasteiger partial charge in [0.25, 0.3) is 5.56 Å². The van der Waals surface area contributed by atoms with Crippen LogP contribution in [0.25, 0.3) is 16.6 Å². The van der Waals surface area contributed by atoms with Crippen LogP contribution in [0.4, 0.5) is 0 Å². The number of nitrogens with zero attached hydrogens (tertiary/aromatic N) is 2. The average Bonchev–Trinajstić information content (AvgIpc) is 2.67. The Labute approximate surface area is 155 Å². The predicted molar refractivity (Wildman–Crippen MR) is 103 cm³/mol. The average molecular weight is 369 g/mol. The Balaban J connectivity index is 2.23. The Kier molecular flexibility index (Phi) is 5.58. The first-order valence-corrected chi connectivity index (χ1v) is 9.21. The highest BCUT2D eigenvalue weighted by Crippen LogP contribution is 2.27. The Bertz CT molecular complexity index is 1000. The lowest BCUT2D eigenvalue weighted by Crippen LogP contribution is -2.24. The summed E-state index contributed by atoms with van der Waals surface area (Å²) < 4.78 is 7.20. The van der Waals surface area contributed by atoms with Crippen molar-refractivity contribution >= 4 is 28.6 Å². The van der Waals surface area contributed by atoms with Gasteiger partial charge in [-0.2, -0.15) is 0 Å². The number of fused-ring (bicyclic) bond motifs is 1. The maximum Gasteiger partial charge on any atom is 0.266 e. The summed E-state index contributed by atoms with van der Waals surface area (Å²) in [4.78, 5) is 29.5. The number of nitrogens with one attached hydrogen (secondary N) is 1. The van der Waals surface area contributed by atoms with E-state index in [9.17, 15) is 9.59 Å². The van der Waals surface area contributed by atoms with Crippen LogP contribution in [0.1, 0.15) is 6.92 Å². The van der Waals surface area contributed by atoms with E-state index in [1.807, 2.05) is 43.3 Å². The molecule has 0 saturated heterocycles. The molecule has 1 heterocycles. The molecule has 0 aliphatic heterocycles. The fourth-order valence-electron chi connectivity index (χ4n) is 2.54. The molecule has 6 nitrogen and oxygen atoms in total. The van der Waals surface area contributed by atoms with Crippen molar-refractivity contribution in [3.63, 3.8) is 0 Å². The first-order valence-electron chi connectivity index (χ1n) is 8.23. The van der Waals surface area contributed by atoms with Gasteiger partial charge in [0.2, 0.25) is 5.91 Å². The molecule has 3 rings (SSSR count). The number of benzene rings is 2. The van der Waals surface area contributed by atoms with E-state index >= 15 is 0 Å². The van der Waals surface area contributed by atoms with Gasteiger partial charge < -0.3 is 10.1 Å². The van der Waals surface area contributed by atoms with E-state index in [1.165, 1.54) is 16.3 Å². The molecule has 1 aromatic heterocycles. The monoisotopic (exact) mass is 369 g/mol. The van der Waals surface area contributed by atoms with Crippen LogP contribution in [0.3, 0.4) is 0 Å². The fourth-order valence-corrected chi connectivity index (χ4v) is 3.42. The molecule has 0 saturated carbocycles. The molecule has 0 atom stereocenters. The van der Waals surface area contributed by atoms with E-state index in [4.69, 9.17) is 4.74 Å². The van der Waals surface area contributed by atoms with E-state index < -0.39 is 0 Å². The first-order chi connectivity index (χ1) is 12.7. The van der Waals surface area contributed by atoms with Gasteiger partial charge in [0, 0.05) is 7.05 Å². The molecule has 1 amide bonds. The number of para-hydroxylation sites is 3. The highest BCUT2D eigenvalue weighted by molar-refractivity contribution is 7.99. The smallest absolute Gasteiger partial charge is 0.266 e. The molecule has 2 aromatic carbocycles. The quantitative estimate of drug-likeness (QED) is 0.534. The second-order valence-corrected chi connectivity index (χ2v) is 6.36. The molecule has 3 aromatic rings. The Hall–Kier alpha value is -2.80. The molecule has 0 unspecified atom stereocenters. The maximum absolute atomic E-state index is 13.2. The van der Waals surface area contributed by atoms with E-state index in [1.54, 1.807) is 19.2 Å². The van der Waals surface area contributed by atoms with Crippen molar-refractivity contribution in [1.29, 1.82) is 0 Å². The zero-order valence-corrected chi connectivity index (χ0v) is 15.4. The SMILES string of the molecule is CCOc1ccccc1-n1c(SCC(=O)NC)nc2ccccc2c1=O. The van der Waals surface area contributed by atoms with Gasteiger partial charge in [-0.15, -0.1) is 0 Å². The number of rotatable bonds is 6. The molecule has 0 aliphatic carbocycles. The van der Waals surface area contributed by atoms with Crippen molar-refractivity contribution in [2.45, 2.75) is 12.1 Å². The number of carbonyl (C=O) groups is 1. The summed E-state index contributed by atoms with van der Waals surface area (Å²) in [7, 11) is 1.58. The molecule has 134 valence electrons. The van der Waals surface area contributed by atoms with Crippen molar-refractivity contribution in [2.75, 3.05) is 19.4 Å². The summed E-state index contributed by atoms with van der Waals surface area (Å²) in [5.41, 5.74) is 1.02. The van der Waals surface area contributed by atoms with Gasteiger partial charge in [0.15, 0.2) is 5.16 Å². The van der Waals surface area contributed by atoms with Crippen molar-refractivity contribution in [3.8, 4) is 11.4 Å². The molecular weight excluding hydrogens is 350 g/mol. The largest absolute Gasteiger partial charge is 0.492 e. The van der Waals surface area contributed by atoms with Gasteiger partial charge in [-0.3, -0.25) is 14.2 Å². The third-order valence-electron chi connectivity index (χ3n) is 3.76. The summed E-state index contributed by atoms with van der Waals surface area (Å²) in [6, 6.07) is 14.5. The van der Waals surface area contributed by atoms with Crippen LogP contribution < -0.4 is 15.6 Å². The van der Waals surface area contributed by atoms with Crippen LogP contribution in [0.15, 0.2) is 58.5 Å². The van der Waals surface area contributed by atoms with E-state index in [0.29, 0.717) is 34.1 Å². The molecule has 0 spiro atoms. The Morgan fingerprint density at radius 3 is 2.69 bits per heavy atom. The summed E-state index contributed by atoms with van der Waals surface area (Å²) in [6.07, 6.45) is 0. The molecule has 26 heavy (non-hydrogen) atoms. The molecular formula is C19H19N3O3S. The highest BCUT2D eigenvalue weighted by atomic mass is 32.2. The number of hydrogen-bond donors (Lipinski definition) is 1. The normalized spacial score (nSPS) is 10.7. The zero-order chi connectivity index (χ0) is 18.5. The number of thioether (sulfide) groups is 1. The minimum Gasteiger partial charge on any atom is -0.492 e. The maximum atomic E-state index is 13.2. The van der Waals surface area contributed by atoms with Gasteiger partial charge in [0.1, 0.15) is 5.75 Å². The van der Waals surface area contributed by atoms with Crippen LogP contribution in [-0.2, 0) is 4.79 Å². The second kappa shape index (κ2) is 8.05. The molecule has 7 heteroatoms. The number of ether oxygens (including phenoxy) is 1. The molecule has 0 radical (unpaired) electrons. The number of hydrogen-bond acceptors (Lipinski definition) is 5. The van der Waals surface area contributed by atoms with Crippen LogP contribution >= 0.6 is 11.8 Å². The zero-order valence-electron chi connectivity index (χ0n) is 14.6. The van der Waals surface area contributed by atoms with Crippen LogP contribution in [0, 0.1) is 0 Å². The molecule has 1 N–H and O–H groups in total. The van der Waals surface area contributed by atoms with E-state index in [0.717, 1.165) is 0 Å². The summed E-state index contributed by atoms with van der Waals surface area (Å²) in [6.45, 7) is 2.37. The Morgan fingerprint density at radius 1 is 1.19 bits per heavy atom. The first kappa shape index (κ1) is 18.0. The predicted octanol–water partition coefficient (Wildman–Crippen LogP) is 2.62. The lowest BCUT2D eigenvalue weighted by atomic mass is 10.2. The van der Waals surface area contributed by atoms with Crippen LogP contribution in [-0.4, -0.2) is 34.9 Å². The third-order valence-corrected chi connectivity index (χ3v) is 4.70. The van der Waals surface area contributed by atoms with Gasteiger partial charge in [0.05, 0.1) is 29.0 Å². The van der Waals surface area contributed by atoms with Gasteiger partial charge >= 0.3 is 0 Å². The van der Waals surface area contributed by atoms with Crippen molar-refractivity contribution in [3.05, 3.63) is 58.9 Å². The second-order valence-electron chi connectivity index (χ2n) is 5.41. The fraction of sp³-hybridized carbons (Fsp3) is 0.211. The third kappa shape index (κ3) is 3.57. The van der Waals surface area contributed by atoms with E-state index in [2.05, 4.69) is 10.3 Å². The molecule has 0 fully saturated rings. The summed E-state index contributed by atoms with van der Waals surface area (Å²) >= 11 is 1.21. The van der Waals surface area contributed by atoms with Crippen molar-refractivity contribution in [1.82, 2.24) is 14.9 Å². The van der Waals surface area contributed by atoms with Crippen LogP contribution in [0.5, 0.6) is 5.75 Å². The van der Waals surface area contributed by atoms with Crippen LogP contribution in [0.2, 0.25) is 0 Å². The number of aromatic nitrogens is 2. The lowest BCUT2D eigenvalue weighted by molar-refractivity contribution is -0.118.